The number of hydrogen-bond donors (Lipinski definition) is 0. The summed E-state index contributed by atoms with van der Waals surface area (Å²) in [5.74, 6) is 0. The number of unbranched alkanes of at least 4 members (excludes halogenated alkanes) is 5. The second kappa shape index (κ2) is 9.03. The Morgan fingerprint density at radius 3 is 2.29 bits per heavy atom. The molecule has 0 spiro atoms. The molecule has 0 radical (unpaired) electrons. The average Bonchev–Trinajstić information content (AvgIpc) is 2.81. The average molecular weight is 332 g/mol. The fraction of sp³-hybridized carbons (Fsp3) is 0.700. The van der Waals surface area contributed by atoms with Crippen LogP contribution in [0.3, 0.4) is 0 Å². The molecule has 1 heterocycles. The van der Waals surface area contributed by atoms with Gasteiger partial charge in [-0.15, -0.1) is 0 Å². The molecule has 1 unspecified atom stereocenters. The van der Waals surface area contributed by atoms with Gasteiger partial charge in [0.05, 0.1) is 12.2 Å². The van der Waals surface area contributed by atoms with Crippen molar-refractivity contribution in [2.45, 2.75) is 77.4 Å². The van der Waals surface area contributed by atoms with E-state index >= 15 is 0 Å². The summed E-state index contributed by atoms with van der Waals surface area (Å²) in [6.07, 6.45) is 7.68. The molecule has 2 rings (SSSR count). The molecule has 1 saturated heterocycles. The molecule has 0 N–H and O–H groups in total. The highest BCUT2D eigenvalue weighted by molar-refractivity contribution is 6.62. The molecular formula is C20H33BO3. The first-order valence-corrected chi connectivity index (χ1v) is 9.47. The Bertz CT molecular complexity index is 477. The van der Waals surface area contributed by atoms with Crippen LogP contribution in [0.4, 0.5) is 0 Å². The van der Waals surface area contributed by atoms with E-state index in [2.05, 4.69) is 27.7 Å². The van der Waals surface area contributed by atoms with Gasteiger partial charge >= 0.3 is 7.12 Å². The van der Waals surface area contributed by atoms with Crippen LogP contribution in [0.25, 0.3) is 0 Å². The van der Waals surface area contributed by atoms with Crippen molar-refractivity contribution in [3.63, 3.8) is 0 Å². The van der Waals surface area contributed by atoms with E-state index in [1.807, 2.05) is 30.3 Å². The molecule has 3 nitrogen and oxygen atoms in total. The SMILES string of the molecule is CCCCCCCCOCC1(C)OB(c2ccccc2)OC1(C)C. The van der Waals surface area contributed by atoms with Gasteiger partial charge < -0.3 is 14.0 Å². The van der Waals surface area contributed by atoms with Gasteiger partial charge in [-0.25, -0.2) is 0 Å². The predicted octanol–water partition coefficient (Wildman–Crippen LogP) is 4.34. The van der Waals surface area contributed by atoms with Crippen molar-refractivity contribution in [3.8, 4) is 0 Å². The molecule has 0 amide bonds. The first kappa shape index (κ1) is 19.5. The molecule has 4 heteroatoms. The van der Waals surface area contributed by atoms with E-state index in [0.717, 1.165) is 18.5 Å². The van der Waals surface area contributed by atoms with Crippen LogP contribution in [0.2, 0.25) is 0 Å². The fourth-order valence-electron chi connectivity index (χ4n) is 3.00. The fourth-order valence-corrected chi connectivity index (χ4v) is 3.00. The maximum atomic E-state index is 6.26. The lowest BCUT2D eigenvalue weighted by Gasteiger charge is -2.36. The highest BCUT2D eigenvalue weighted by atomic mass is 16.7. The van der Waals surface area contributed by atoms with Crippen molar-refractivity contribution in [2.24, 2.45) is 0 Å². The van der Waals surface area contributed by atoms with Crippen molar-refractivity contribution >= 4 is 12.6 Å². The second-order valence-corrected chi connectivity index (χ2v) is 7.54. The summed E-state index contributed by atoms with van der Waals surface area (Å²) in [4.78, 5) is 0. The quantitative estimate of drug-likeness (QED) is 0.471. The summed E-state index contributed by atoms with van der Waals surface area (Å²) in [6, 6.07) is 10.1. The molecule has 1 aromatic carbocycles. The predicted molar refractivity (Wildman–Crippen MR) is 101 cm³/mol. The van der Waals surface area contributed by atoms with E-state index in [-0.39, 0.29) is 12.7 Å². The van der Waals surface area contributed by atoms with Crippen LogP contribution in [0.5, 0.6) is 0 Å². The van der Waals surface area contributed by atoms with Crippen LogP contribution in [-0.4, -0.2) is 31.5 Å². The van der Waals surface area contributed by atoms with Crippen LogP contribution in [0, 0.1) is 0 Å². The van der Waals surface area contributed by atoms with Gasteiger partial charge in [0.15, 0.2) is 0 Å². The zero-order valence-corrected chi connectivity index (χ0v) is 15.8. The summed E-state index contributed by atoms with van der Waals surface area (Å²) in [6.45, 7) is 9.89. The second-order valence-electron chi connectivity index (χ2n) is 7.54. The number of hydrogen-bond acceptors (Lipinski definition) is 3. The van der Waals surface area contributed by atoms with Crippen LogP contribution in [0.1, 0.15) is 66.2 Å². The van der Waals surface area contributed by atoms with E-state index in [1.165, 1.54) is 32.1 Å². The van der Waals surface area contributed by atoms with Gasteiger partial charge in [0.25, 0.3) is 0 Å². The molecule has 1 aromatic rings. The maximum Gasteiger partial charge on any atom is 0.494 e. The minimum atomic E-state index is -0.435. The van der Waals surface area contributed by atoms with Crippen LogP contribution in [0.15, 0.2) is 30.3 Å². The topological polar surface area (TPSA) is 27.7 Å². The van der Waals surface area contributed by atoms with Crippen LogP contribution in [-0.2, 0) is 14.0 Å². The Labute approximate surface area is 148 Å². The summed E-state index contributed by atoms with van der Waals surface area (Å²) < 4.78 is 18.4. The van der Waals surface area contributed by atoms with Gasteiger partial charge in [-0.05, 0) is 32.7 Å². The van der Waals surface area contributed by atoms with E-state index < -0.39 is 5.60 Å². The summed E-state index contributed by atoms with van der Waals surface area (Å²) in [7, 11) is -0.316. The third kappa shape index (κ3) is 5.08. The van der Waals surface area contributed by atoms with Crippen molar-refractivity contribution in [1.82, 2.24) is 0 Å². The smallest absolute Gasteiger partial charge is 0.399 e. The van der Waals surface area contributed by atoms with E-state index in [4.69, 9.17) is 14.0 Å². The highest BCUT2D eigenvalue weighted by Crippen LogP contribution is 2.37. The zero-order valence-electron chi connectivity index (χ0n) is 15.8. The van der Waals surface area contributed by atoms with Gasteiger partial charge in [-0.3, -0.25) is 0 Å². The van der Waals surface area contributed by atoms with Gasteiger partial charge in [0.2, 0.25) is 0 Å². The molecule has 0 bridgehead atoms. The molecular weight excluding hydrogens is 299 g/mol. The molecule has 1 aliphatic heterocycles. The van der Waals surface area contributed by atoms with Crippen molar-refractivity contribution in [1.29, 1.82) is 0 Å². The molecule has 1 fully saturated rings. The van der Waals surface area contributed by atoms with Gasteiger partial charge in [0.1, 0.15) is 5.60 Å². The Morgan fingerprint density at radius 2 is 1.58 bits per heavy atom. The number of benzene rings is 1. The Morgan fingerprint density at radius 1 is 0.917 bits per heavy atom. The Balaban J connectivity index is 1.76. The molecule has 0 saturated carbocycles. The molecule has 134 valence electrons. The molecule has 0 aliphatic carbocycles. The zero-order chi connectivity index (χ0) is 17.5. The lowest BCUT2D eigenvalue weighted by molar-refractivity contribution is -0.0711. The number of ether oxygens (including phenoxy) is 1. The molecule has 24 heavy (non-hydrogen) atoms. The largest absolute Gasteiger partial charge is 0.494 e. The first-order valence-electron chi connectivity index (χ1n) is 9.47. The summed E-state index contributed by atoms with van der Waals surface area (Å²) in [5.41, 5.74) is 0.245. The van der Waals surface area contributed by atoms with E-state index in [0.29, 0.717) is 6.61 Å². The van der Waals surface area contributed by atoms with Crippen molar-refractivity contribution in [2.75, 3.05) is 13.2 Å². The maximum absolute atomic E-state index is 6.26. The molecule has 1 atom stereocenters. The monoisotopic (exact) mass is 332 g/mol. The third-order valence-corrected chi connectivity index (χ3v) is 5.13. The minimum absolute atomic E-state index is 0.316. The van der Waals surface area contributed by atoms with Crippen molar-refractivity contribution < 1.29 is 14.0 Å². The highest BCUT2D eigenvalue weighted by Gasteiger charge is 2.54. The molecule has 0 aromatic heterocycles. The summed E-state index contributed by atoms with van der Waals surface area (Å²) in [5, 5.41) is 0. The Hall–Kier alpha value is -0.835. The third-order valence-electron chi connectivity index (χ3n) is 5.13. The van der Waals surface area contributed by atoms with Crippen molar-refractivity contribution in [3.05, 3.63) is 30.3 Å². The van der Waals surface area contributed by atoms with Crippen LogP contribution < -0.4 is 5.46 Å². The summed E-state index contributed by atoms with van der Waals surface area (Å²) >= 11 is 0. The van der Waals surface area contributed by atoms with E-state index in [1.54, 1.807) is 0 Å². The lowest BCUT2D eigenvalue weighted by atomic mass is 9.79. The standard InChI is InChI=1S/C20H33BO3/c1-5-6-7-8-9-13-16-22-17-20(4)19(2,3)23-21(24-20)18-14-11-10-12-15-18/h10-12,14-15H,5-9,13,16-17H2,1-4H3. The van der Waals surface area contributed by atoms with Crippen LogP contribution >= 0.6 is 0 Å². The number of rotatable bonds is 10. The molecule has 1 aliphatic rings. The lowest BCUT2D eigenvalue weighted by Crippen LogP contribution is -2.48. The first-order chi connectivity index (χ1) is 11.5. The minimum Gasteiger partial charge on any atom is -0.399 e. The van der Waals surface area contributed by atoms with Gasteiger partial charge in [-0.1, -0.05) is 69.4 Å². The van der Waals surface area contributed by atoms with Gasteiger partial charge in [-0.2, -0.15) is 0 Å². The Kier molecular flexibility index (Phi) is 7.33. The normalized spacial score (nSPS) is 22.9. The van der Waals surface area contributed by atoms with E-state index in [9.17, 15) is 0 Å². The van der Waals surface area contributed by atoms with Gasteiger partial charge in [0, 0.05) is 6.61 Å².